The zero-order chi connectivity index (χ0) is 22.5. The average molecular weight is 446 g/mol. The summed E-state index contributed by atoms with van der Waals surface area (Å²) in [6, 6.07) is 22.1. The normalized spacial score (nSPS) is 12.8. The smallest absolute Gasteiger partial charge is 0.257 e. The Morgan fingerprint density at radius 3 is 2.59 bits per heavy atom. The fraction of sp³-hybridized carbons (Fsp3) is 0.160. The number of benzene rings is 3. The first kappa shape index (κ1) is 21.6. The number of carbonyl (C=O) groups excluding carboxylic acids is 3. The zero-order valence-corrected chi connectivity index (χ0v) is 18.4. The van der Waals surface area contributed by atoms with Crippen molar-refractivity contribution in [3.8, 4) is 0 Å². The van der Waals surface area contributed by atoms with Crippen molar-refractivity contribution < 1.29 is 14.4 Å². The lowest BCUT2D eigenvalue weighted by Crippen LogP contribution is -2.37. The first-order valence-corrected chi connectivity index (χ1v) is 11.3. The molecular formula is C25H23N3O3S. The maximum absolute atomic E-state index is 12.8. The molecule has 3 aromatic carbocycles. The van der Waals surface area contributed by atoms with Gasteiger partial charge in [-0.15, -0.1) is 11.8 Å². The predicted octanol–water partition coefficient (Wildman–Crippen LogP) is 4.71. The number of fused-ring (bicyclic) bond motifs is 1. The minimum absolute atomic E-state index is 0.0144. The van der Waals surface area contributed by atoms with Crippen molar-refractivity contribution in [1.29, 1.82) is 0 Å². The van der Waals surface area contributed by atoms with Crippen LogP contribution in [0.4, 0.5) is 17.1 Å². The molecule has 0 saturated heterocycles. The van der Waals surface area contributed by atoms with E-state index in [0.717, 1.165) is 16.1 Å². The van der Waals surface area contributed by atoms with Crippen LogP contribution >= 0.6 is 11.8 Å². The maximum atomic E-state index is 12.8. The fourth-order valence-corrected chi connectivity index (χ4v) is 4.47. The Balaban J connectivity index is 1.42. The number of para-hydroxylation sites is 2. The highest BCUT2D eigenvalue weighted by Gasteiger charge is 2.25. The third kappa shape index (κ3) is 5.00. The molecule has 0 unspecified atom stereocenters. The number of thioether (sulfide) groups is 1. The summed E-state index contributed by atoms with van der Waals surface area (Å²) in [6.07, 6.45) is 0.124. The van der Waals surface area contributed by atoms with E-state index in [-0.39, 0.29) is 30.7 Å². The van der Waals surface area contributed by atoms with Gasteiger partial charge in [-0.2, -0.15) is 0 Å². The summed E-state index contributed by atoms with van der Waals surface area (Å²) in [5, 5.41) is 5.69. The highest BCUT2D eigenvalue weighted by Crippen LogP contribution is 2.34. The molecule has 0 aromatic heterocycles. The molecule has 0 fully saturated rings. The monoisotopic (exact) mass is 445 g/mol. The van der Waals surface area contributed by atoms with E-state index in [9.17, 15) is 14.4 Å². The summed E-state index contributed by atoms with van der Waals surface area (Å²) in [7, 11) is 0. The van der Waals surface area contributed by atoms with E-state index < -0.39 is 0 Å². The van der Waals surface area contributed by atoms with Gasteiger partial charge in [0.15, 0.2) is 0 Å². The van der Waals surface area contributed by atoms with Crippen molar-refractivity contribution in [3.63, 3.8) is 0 Å². The van der Waals surface area contributed by atoms with Crippen LogP contribution in [0.2, 0.25) is 0 Å². The highest BCUT2D eigenvalue weighted by atomic mass is 32.2. The number of amides is 3. The molecule has 0 radical (unpaired) electrons. The molecule has 1 heterocycles. The number of carbonyl (C=O) groups is 3. The average Bonchev–Trinajstić information content (AvgIpc) is 2.79. The Kier molecular flexibility index (Phi) is 6.56. The molecule has 0 spiro atoms. The third-order valence-corrected chi connectivity index (χ3v) is 6.14. The molecule has 32 heavy (non-hydrogen) atoms. The van der Waals surface area contributed by atoms with E-state index in [1.54, 1.807) is 29.2 Å². The van der Waals surface area contributed by atoms with E-state index in [1.165, 1.54) is 11.8 Å². The first-order chi connectivity index (χ1) is 15.5. The van der Waals surface area contributed by atoms with Gasteiger partial charge in [-0.1, -0.05) is 36.4 Å². The van der Waals surface area contributed by atoms with Gasteiger partial charge < -0.3 is 15.5 Å². The molecule has 1 aliphatic heterocycles. The second kappa shape index (κ2) is 9.70. The lowest BCUT2D eigenvalue weighted by atomic mass is 10.1. The second-order valence-electron chi connectivity index (χ2n) is 7.47. The van der Waals surface area contributed by atoms with Crippen molar-refractivity contribution in [2.75, 3.05) is 27.8 Å². The van der Waals surface area contributed by atoms with Crippen molar-refractivity contribution >= 4 is 46.5 Å². The van der Waals surface area contributed by atoms with Crippen molar-refractivity contribution in [2.45, 2.75) is 18.2 Å². The number of hydrogen-bond donors (Lipinski definition) is 2. The van der Waals surface area contributed by atoms with Crippen LogP contribution in [0.3, 0.4) is 0 Å². The fourth-order valence-electron chi connectivity index (χ4n) is 3.54. The standard InChI is InChI=1S/C25H23N3O3S/c1-17-7-6-8-18(15-17)26-25(31)19-9-2-3-10-20(19)27-23(29)13-14-28-21-11-4-5-12-22(21)32-16-24(28)30/h2-12,15H,13-14,16H2,1H3,(H,26,31)(H,27,29). The lowest BCUT2D eigenvalue weighted by Gasteiger charge is -2.28. The Morgan fingerprint density at radius 2 is 1.75 bits per heavy atom. The third-order valence-electron chi connectivity index (χ3n) is 5.09. The van der Waals surface area contributed by atoms with Gasteiger partial charge in [0.05, 0.1) is 22.7 Å². The van der Waals surface area contributed by atoms with Gasteiger partial charge in [-0.05, 0) is 48.9 Å². The minimum Gasteiger partial charge on any atom is -0.325 e. The summed E-state index contributed by atoms with van der Waals surface area (Å²) in [5.41, 5.74) is 3.37. The quantitative estimate of drug-likeness (QED) is 0.576. The molecule has 6 nitrogen and oxygen atoms in total. The van der Waals surface area contributed by atoms with E-state index in [1.807, 2.05) is 55.5 Å². The molecule has 4 rings (SSSR count). The van der Waals surface area contributed by atoms with E-state index in [2.05, 4.69) is 10.6 Å². The number of rotatable bonds is 6. The van der Waals surface area contributed by atoms with Gasteiger partial charge in [-0.25, -0.2) is 0 Å². The summed E-state index contributed by atoms with van der Waals surface area (Å²) < 4.78 is 0. The number of aryl methyl sites for hydroxylation is 1. The van der Waals surface area contributed by atoms with Gasteiger partial charge >= 0.3 is 0 Å². The minimum atomic E-state index is -0.302. The Bertz CT molecular complexity index is 1180. The molecule has 3 amide bonds. The largest absolute Gasteiger partial charge is 0.325 e. The van der Waals surface area contributed by atoms with Crippen LogP contribution in [0.1, 0.15) is 22.3 Å². The number of anilines is 3. The molecule has 0 atom stereocenters. The summed E-state index contributed by atoms with van der Waals surface area (Å²) in [4.78, 5) is 40.5. The van der Waals surface area contributed by atoms with Crippen molar-refractivity contribution in [1.82, 2.24) is 0 Å². The molecule has 0 aliphatic carbocycles. The van der Waals surface area contributed by atoms with Crippen LogP contribution in [0, 0.1) is 6.92 Å². The second-order valence-corrected chi connectivity index (χ2v) is 8.49. The molecule has 7 heteroatoms. The molecule has 2 N–H and O–H groups in total. The van der Waals surface area contributed by atoms with Gasteiger partial charge in [0.1, 0.15) is 0 Å². The predicted molar refractivity (Wildman–Crippen MR) is 128 cm³/mol. The lowest BCUT2D eigenvalue weighted by molar-refractivity contribution is -0.117. The molecular weight excluding hydrogens is 422 g/mol. The van der Waals surface area contributed by atoms with Crippen molar-refractivity contribution in [3.05, 3.63) is 83.9 Å². The Morgan fingerprint density at radius 1 is 0.969 bits per heavy atom. The van der Waals surface area contributed by atoms with E-state index in [0.29, 0.717) is 22.7 Å². The topological polar surface area (TPSA) is 78.5 Å². The maximum Gasteiger partial charge on any atom is 0.257 e. The van der Waals surface area contributed by atoms with Crippen LogP contribution < -0.4 is 15.5 Å². The first-order valence-electron chi connectivity index (χ1n) is 10.3. The van der Waals surface area contributed by atoms with Crippen molar-refractivity contribution in [2.24, 2.45) is 0 Å². The molecule has 1 aliphatic rings. The van der Waals surface area contributed by atoms with Gasteiger partial charge in [0, 0.05) is 23.5 Å². The summed E-state index contributed by atoms with van der Waals surface area (Å²) in [5.74, 6) is -0.215. The number of hydrogen-bond acceptors (Lipinski definition) is 4. The summed E-state index contributed by atoms with van der Waals surface area (Å²) in [6.45, 7) is 2.23. The summed E-state index contributed by atoms with van der Waals surface area (Å²) >= 11 is 1.51. The SMILES string of the molecule is Cc1cccc(NC(=O)c2ccccc2NC(=O)CCN2C(=O)CSc3ccccc32)c1. The molecule has 162 valence electrons. The molecule has 0 saturated carbocycles. The number of nitrogens with one attached hydrogen (secondary N) is 2. The van der Waals surface area contributed by atoms with Crippen LogP contribution in [0.25, 0.3) is 0 Å². The van der Waals surface area contributed by atoms with Crippen LogP contribution in [-0.4, -0.2) is 30.0 Å². The van der Waals surface area contributed by atoms with E-state index in [4.69, 9.17) is 0 Å². The number of nitrogens with zero attached hydrogens (tertiary/aromatic N) is 1. The van der Waals surface area contributed by atoms with Gasteiger partial charge in [0.25, 0.3) is 5.91 Å². The van der Waals surface area contributed by atoms with Crippen LogP contribution in [-0.2, 0) is 9.59 Å². The van der Waals surface area contributed by atoms with Crippen LogP contribution in [0.15, 0.2) is 77.7 Å². The van der Waals surface area contributed by atoms with Gasteiger partial charge in [-0.3, -0.25) is 14.4 Å². The Labute approximate surface area is 191 Å². The van der Waals surface area contributed by atoms with Crippen LogP contribution in [0.5, 0.6) is 0 Å². The molecule has 3 aromatic rings. The Hall–Kier alpha value is -3.58. The zero-order valence-electron chi connectivity index (χ0n) is 17.6. The van der Waals surface area contributed by atoms with Gasteiger partial charge in [0.2, 0.25) is 11.8 Å². The highest BCUT2D eigenvalue weighted by molar-refractivity contribution is 8.00. The van der Waals surface area contributed by atoms with E-state index >= 15 is 0 Å². The molecule has 0 bridgehead atoms.